The molecular formula is C7H14Cl3N2O2P. The van der Waals surface area contributed by atoms with Crippen molar-refractivity contribution >= 4 is 42.6 Å². The smallest absolute Gasteiger partial charge is 0.305 e. The van der Waals surface area contributed by atoms with Gasteiger partial charge in [0.2, 0.25) is 0 Å². The molecule has 1 atom stereocenters. The van der Waals surface area contributed by atoms with Gasteiger partial charge in [0.1, 0.15) is 0 Å². The van der Waals surface area contributed by atoms with Crippen LogP contribution in [-0.2, 0) is 9.09 Å². The van der Waals surface area contributed by atoms with E-state index in [1.165, 1.54) is 4.19 Å². The van der Waals surface area contributed by atoms with Crippen LogP contribution in [0.25, 0.3) is 0 Å². The lowest BCUT2D eigenvalue weighted by Crippen LogP contribution is -2.34. The second kappa shape index (κ2) is 6.65. The Morgan fingerprint density at radius 2 is 1.93 bits per heavy atom. The van der Waals surface area contributed by atoms with E-state index in [0.29, 0.717) is 38.0 Å². The number of nitrogens with zero attached hydrogens (tertiary/aromatic N) is 2. The summed E-state index contributed by atoms with van der Waals surface area (Å²) in [5.41, 5.74) is 0. The van der Waals surface area contributed by atoms with E-state index in [0.717, 1.165) is 6.42 Å². The van der Waals surface area contributed by atoms with E-state index < -0.39 is 7.67 Å². The van der Waals surface area contributed by atoms with E-state index in [4.69, 9.17) is 39.5 Å². The summed E-state index contributed by atoms with van der Waals surface area (Å²) in [7, 11) is -3.08. The van der Waals surface area contributed by atoms with Crippen LogP contribution in [0.2, 0.25) is 0 Å². The van der Waals surface area contributed by atoms with E-state index in [2.05, 4.69) is 0 Å². The number of rotatable bonds is 5. The third-order valence-corrected chi connectivity index (χ3v) is 5.53. The lowest BCUT2D eigenvalue weighted by molar-refractivity contribution is 0.203. The molecule has 0 aliphatic carbocycles. The van der Waals surface area contributed by atoms with Crippen LogP contribution in [0.15, 0.2) is 0 Å². The zero-order chi connectivity index (χ0) is 11.3. The maximum absolute atomic E-state index is 12.4. The summed E-state index contributed by atoms with van der Waals surface area (Å²) in [5.74, 6) is 0.740. The average Bonchev–Trinajstić information content (AvgIpc) is 2.22. The van der Waals surface area contributed by atoms with E-state index in [9.17, 15) is 4.57 Å². The summed E-state index contributed by atoms with van der Waals surface area (Å²) in [6, 6.07) is 0. The first-order valence-corrected chi connectivity index (χ1v) is 7.64. The van der Waals surface area contributed by atoms with E-state index in [1.807, 2.05) is 0 Å². The van der Waals surface area contributed by atoms with E-state index in [1.54, 1.807) is 4.67 Å². The molecule has 1 aliphatic heterocycles. The minimum atomic E-state index is -3.08. The number of halogens is 3. The fourth-order valence-corrected chi connectivity index (χ4v) is 4.56. The van der Waals surface area contributed by atoms with Crippen molar-refractivity contribution in [2.45, 2.75) is 6.42 Å². The van der Waals surface area contributed by atoms with Crippen molar-refractivity contribution in [2.24, 2.45) is 0 Å². The number of alkyl halides is 2. The van der Waals surface area contributed by atoms with Gasteiger partial charge in [0, 0.05) is 31.4 Å². The van der Waals surface area contributed by atoms with Crippen LogP contribution < -0.4 is 0 Å². The molecule has 90 valence electrons. The molecule has 1 rings (SSSR count). The zero-order valence-electron chi connectivity index (χ0n) is 8.24. The molecule has 0 amide bonds. The van der Waals surface area contributed by atoms with Gasteiger partial charge in [-0.25, -0.2) is 4.67 Å². The summed E-state index contributed by atoms with van der Waals surface area (Å²) in [5, 5.41) is 0. The monoisotopic (exact) mass is 294 g/mol. The minimum absolute atomic E-state index is 0.370. The Kier molecular flexibility index (Phi) is 6.23. The molecule has 0 aromatic rings. The van der Waals surface area contributed by atoms with Gasteiger partial charge in [-0.05, 0) is 18.2 Å². The third kappa shape index (κ3) is 3.47. The first-order chi connectivity index (χ1) is 7.15. The van der Waals surface area contributed by atoms with Gasteiger partial charge in [-0.15, -0.1) is 27.4 Å². The van der Waals surface area contributed by atoms with Crippen LogP contribution in [0.5, 0.6) is 0 Å². The Bertz CT molecular complexity index is 238. The summed E-state index contributed by atoms with van der Waals surface area (Å²) < 4.78 is 20.6. The molecule has 1 fully saturated rings. The van der Waals surface area contributed by atoms with E-state index in [-0.39, 0.29) is 0 Å². The molecule has 15 heavy (non-hydrogen) atoms. The molecule has 0 unspecified atom stereocenters. The molecule has 0 saturated carbocycles. The topological polar surface area (TPSA) is 32.8 Å². The van der Waals surface area contributed by atoms with Crippen LogP contribution >= 0.6 is 42.6 Å². The molecule has 8 heteroatoms. The molecule has 1 aliphatic rings. The second-order valence-electron chi connectivity index (χ2n) is 3.07. The highest BCUT2D eigenvalue weighted by Gasteiger charge is 2.39. The maximum Gasteiger partial charge on any atom is 0.359 e. The number of hydrogen-bond donors (Lipinski definition) is 0. The fraction of sp³-hybridized carbons (Fsp3) is 1.00. The molecule has 0 bridgehead atoms. The highest BCUT2D eigenvalue weighted by molar-refractivity contribution is 7.55. The van der Waals surface area contributed by atoms with Crippen LogP contribution in [0.3, 0.4) is 0 Å². The molecule has 0 N–H and O–H groups in total. The van der Waals surface area contributed by atoms with Gasteiger partial charge in [0.15, 0.2) is 0 Å². The van der Waals surface area contributed by atoms with Gasteiger partial charge in [0.05, 0.1) is 6.61 Å². The zero-order valence-corrected chi connectivity index (χ0v) is 11.4. The third-order valence-electron chi connectivity index (χ3n) is 2.06. The number of hydrogen-bond acceptors (Lipinski definition) is 2. The van der Waals surface area contributed by atoms with Gasteiger partial charge in [-0.1, -0.05) is 0 Å². The van der Waals surface area contributed by atoms with Crippen molar-refractivity contribution in [3.8, 4) is 0 Å². The van der Waals surface area contributed by atoms with Gasteiger partial charge in [0.25, 0.3) is 0 Å². The standard InChI is InChI=1S/C7H14Cl3N2O2P/c8-2-5-11(6-3-9)15(13)12(10)4-1-7-14-15/h1-7H2/t15-/m0/s1. The molecular weight excluding hydrogens is 281 g/mol. The highest BCUT2D eigenvalue weighted by Crippen LogP contribution is 2.57. The lowest BCUT2D eigenvalue weighted by atomic mass is 10.5. The SMILES string of the molecule is O=[P@@]1(N(CCCl)CCCl)OCCCN1Cl. The Balaban J connectivity index is 2.73. The van der Waals surface area contributed by atoms with Crippen LogP contribution in [0.4, 0.5) is 0 Å². The van der Waals surface area contributed by atoms with E-state index >= 15 is 0 Å². The quantitative estimate of drug-likeness (QED) is 0.443. The summed E-state index contributed by atoms with van der Waals surface area (Å²) >= 11 is 17.2. The Labute approximate surface area is 105 Å². The Hall–Kier alpha value is 0.980. The van der Waals surface area contributed by atoms with Gasteiger partial charge >= 0.3 is 7.67 Å². The molecule has 1 saturated heterocycles. The summed E-state index contributed by atoms with van der Waals surface area (Å²) in [6.07, 6.45) is 0.781. The molecule has 0 aromatic carbocycles. The molecule has 0 radical (unpaired) electrons. The molecule has 0 spiro atoms. The van der Waals surface area contributed by atoms with Crippen molar-refractivity contribution in [3.63, 3.8) is 0 Å². The predicted octanol–water partition coefficient (Wildman–Crippen LogP) is 2.75. The van der Waals surface area contributed by atoms with Crippen molar-refractivity contribution in [1.29, 1.82) is 0 Å². The van der Waals surface area contributed by atoms with Crippen molar-refractivity contribution in [3.05, 3.63) is 0 Å². The Morgan fingerprint density at radius 1 is 1.33 bits per heavy atom. The molecule has 0 aromatic heterocycles. The summed E-state index contributed by atoms with van der Waals surface area (Å²) in [4.78, 5) is 0. The molecule has 1 heterocycles. The largest absolute Gasteiger partial charge is 0.359 e. The van der Waals surface area contributed by atoms with Crippen molar-refractivity contribution in [2.75, 3.05) is 38.0 Å². The average molecular weight is 296 g/mol. The second-order valence-corrected chi connectivity index (χ2v) is 6.76. The first-order valence-electron chi connectivity index (χ1n) is 4.71. The van der Waals surface area contributed by atoms with Crippen LogP contribution in [0.1, 0.15) is 6.42 Å². The predicted molar refractivity (Wildman–Crippen MR) is 63.7 cm³/mol. The Morgan fingerprint density at radius 3 is 2.40 bits per heavy atom. The fourth-order valence-electron chi connectivity index (χ4n) is 1.35. The highest BCUT2D eigenvalue weighted by atomic mass is 35.5. The lowest BCUT2D eigenvalue weighted by Gasteiger charge is -2.36. The van der Waals surface area contributed by atoms with Gasteiger partial charge in [-0.3, -0.25) is 4.57 Å². The molecule has 4 nitrogen and oxygen atoms in total. The maximum atomic E-state index is 12.4. The van der Waals surface area contributed by atoms with Crippen molar-refractivity contribution < 1.29 is 9.09 Å². The van der Waals surface area contributed by atoms with Gasteiger partial charge < -0.3 is 4.52 Å². The normalized spacial score (nSPS) is 28.5. The van der Waals surface area contributed by atoms with Gasteiger partial charge in [-0.2, -0.15) is 0 Å². The minimum Gasteiger partial charge on any atom is -0.305 e. The van der Waals surface area contributed by atoms with Crippen molar-refractivity contribution in [1.82, 2.24) is 8.86 Å². The van der Waals surface area contributed by atoms with Crippen LogP contribution in [0, 0.1) is 0 Å². The first kappa shape index (κ1) is 14.0. The summed E-state index contributed by atoms with van der Waals surface area (Å²) in [6.45, 7) is 1.92. The van der Waals surface area contributed by atoms with Crippen LogP contribution in [-0.4, -0.2) is 46.9 Å².